The molecular weight excluding hydrogens is 234 g/mol. The van der Waals surface area contributed by atoms with E-state index in [1.54, 1.807) is 23.0 Å². The van der Waals surface area contributed by atoms with E-state index in [0.29, 0.717) is 6.42 Å². The Kier molecular flexibility index (Phi) is 2.82. The number of ether oxygens (including phenoxy) is 1. The molecule has 1 aliphatic heterocycles. The van der Waals surface area contributed by atoms with Crippen LogP contribution < -0.4 is 4.74 Å². The van der Waals surface area contributed by atoms with Crippen LogP contribution in [0.5, 0.6) is 5.75 Å². The average Bonchev–Trinajstić information content (AvgIpc) is 2.96. The van der Waals surface area contributed by atoms with Crippen LogP contribution in [-0.2, 0) is 12.8 Å². The molecule has 0 aliphatic carbocycles. The molecule has 2 atom stereocenters. The first-order valence-corrected chi connectivity index (χ1v) is 6.51. The molecule has 1 aliphatic rings. The highest BCUT2D eigenvalue weighted by Gasteiger charge is 2.29. The Balaban J connectivity index is 1.68. The molecule has 2 heterocycles. The highest BCUT2D eigenvalue weighted by Crippen LogP contribution is 2.30. The molecule has 0 amide bonds. The summed E-state index contributed by atoms with van der Waals surface area (Å²) in [5.74, 6) is 0.904. The summed E-state index contributed by atoms with van der Waals surface area (Å²) in [5, 5.41) is 10.1. The molecule has 0 saturated carbocycles. The summed E-state index contributed by atoms with van der Waals surface area (Å²) in [4.78, 5) is 5.10. The van der Waals surface area contributed by atoms with E-state index < -0.39 is 6.10 Å². The Labute approximate surface area is 104 Å². The lowest BCUT2D eigenvalue weighted by atomic mass is 10.0. The summed E-state index contributed by atoms with van der Waals surface area (Å²) < 4.78 is 5.75. The molecule has 1 aromatic carbocycles. The first kappa shape index (κ1) is 10.7. The largest absolute Gasteiger partial charge is 0.487 e. The number of rotatable bonds is 3. The van der Waals surface area contributed by atoms with E-state index in [-0.39, 0.29) is 6.10 Å². The average molecular weight is 247 g/mol. The van der Waals surface area contributed by atoms with E-state index in [0.717, 1.165) is 17.0 Å². The molecule has 0 saturated heterocycles. The zero-order valence-corrected chi connectivity index (χ0v) is 10.1. The number of thiazole rings is 1. The minimum atomic E-state index is -0.470. The van der Waals surface area contributed by atoms with Crippen LogP contribution >= 0.6 is 11.3 Å². The lowest BCUT2D eigenvalue weighted by Gasteiger charge is -2.17. The Hall–Kier alpha value is -1.39. The number of para-hydroxylation sites is 1. The maximum Gasteiger partial charge on any atom is 0.129 e. The van der Waals surface area contributed by atoms with Crippen LogP contribution in [0.25, 0.3) is 0 Å². The van der Waals surface area contributed by atoms with Crippen molar-refractivity contribution in [2.45, 2.75) is 25.0 Å². The van der Waals surface area contributed by atoms with Gasteiger partial charge in [-0.1, -0.05) is 18.2 Å². The van der Waals surface area contributed by atoms with Gasteiger partial charge in [-0.25, -0.2) is 0 Å². The van der Waals surface area contributed by atoms with Gasteiger partial charge in [-0.15, -0.1) is 11.3 Å². The van der Waals surface area contributed by atoms with E-state index in [4.69, 9.17) is 4.74 Å². The molecular formula is C13H13NO2S. The van der Waals surface area contributed by atoms with Crippen LogP contribution in [0.15, 0.2) is 36.0 Å². The predicted octanol–water partition coefficient (Wildman–Crippen LogP) is 2.05. The van der Waals surface area contributed by atoms with Gasteiger partial charge in [0.25, 0.3) is 0 Å². The Morgan fingerprint density at radius 3 is 3.12 bits per heavy atom. The molecule has 2 unspecified atom stereocenters. The van der Waals surface area contributed by atoms with Crippen molar-refractivity contribution in [1.29, 1.82) is 0 Å². The molecule has 3 rings (SSSR count). The highest BCUT2D eigenvalue weighted by atomic mass is 32.1. The second kappa shape index (κ2) is 4.47. The van der Waals surface area contributed by atoms with E-state index in [2.05, 4.69) is 11.1 Å². The van der Waals surface area contributed by atoms with Crippen LogP contribution in [0.2, 0.25) is 0 Å². The van der Waals surface area contributed by atoms with Crippen molar-refractivity contribution >= 4 is 11.3 Å². The lowest BCUT2D eigenvalue weighted by molar-refractivity contribution is 0.0508. The number of hydrogen-bond donors (Lipinski definition) is 1. The van der Waals surface area contributed by atoms with Gasteiger partial charge in [0.2, 0.25) is 0 Å². The maximum atomic E-state index is 10.1. The van der Waals surface area contributed by atoms with Crippen molar-refractivity contribution in [3.63, 3.8) is 0 Å². The Bertz CT molecular complexity index is 473. The number of aromatic nitrogens is 1. The second-order valence-corrected chi connectivity index (χ2v) is 5.18. The zero-order valence-electron chi connectivity index (χ0n) is 9.24. The van der Waals surface area contributed by atoms with E-state index >= 15 is 0 Å². The van der Waals surface area contributed by atoms with Crippen molar-refractivity contribution < 1.29 is 9.84 Å². The van der Waals surface area contributed by atoms with Crippen molar-refractivity contribution in [1.82, 2.24) is 4.98 Å². The molecule has 17 heavy (non-hydrogen) atoms. The summed E-state index contributed by atoms with van der Waals surface area (Å²) in [6.45, 7) is 0. The number of hydrogen-bond acceptors (Lipinski definition) is 4. The van der Waals surface area contributed by atoms with Gasteiger partial charge in [0.15, 0.2) is 0 Å². The summed E-state index contributed by atoms with van der Waals surface area (Å²) in [6, 6.07) is 7.96. The molecule has 2 aromatic rings. The standard InChI is InChI=1S/C13H13NO2S/c15-11(6-10-7-14-8-17-10)13-5-9-3-1-2-4-12(9)16-13/h1-4,7-8,11,13,15H,5-6H2. The quantitative estimate of drug-likeness (QED) is 0.902. The molecule has 0 bridgehead atoms. The van der Waals surface area contributed by atoms with E-state index in [9.17, 15) is 5.11 Å². The summed E-state index contributed by atoms with van der Waals surface area (Å²) >= 11 is 1.57. The molecule has 0 fully saturated rings. The third-order valence-electron chi connectivity index (χ3n) is 2.99. The number of fused-ring (bicyclic) bond motifs is 1. The van der Waals surface area contributed by atoms with Crippen molar-refractivity contribution in [3.05, 3.63) is 46.4 Å². The fourth-order valence-electron chi connectivity index (χ4n) is 2.10. The van der Waals surface area contributed by atoms with Crippen LogP contribution in [0.1, 0.15) is 10.4 Å². The first-order valence-electron chi connectivity index (χ1n) is 5.63. The van der Waals surface area contributed by atoms with Gasteiger partial charge < -0.3 is 9.84 Å². The van der Waals surface area contributed by atoms with E-state index in [1.165, 1.54) is 5.56 Å². The zero-order chi connectivity index (χ0) is 11.7. The maximum absolute atomic E-state index is 10.1. The van der Waals surface area contributed by atoms with Gasteiger partial charge in [-0.05, 0) is 11.6 Å². The first-order chi connectivity index (χ1) is 8.33. The van der Waals surface area contributed by atoms with Crippen LogP contribution in [0.3, 0.4) is 0 Å². The smallest absolute Gasteiger partial charge is 0.129 e. The number of nitrogens with zero attached hydrogens (tertiary/aromatic N) is 1. The van der Waals surface area contributed by atoms with Gasteiger partial charge in [0.1, 0.15) is 11.9 Å². The van der Waals surface area contributed by atoms with Gasteiger partial charge in [-0.2, -0.15) is 0 Å². The predicted molar refractivity (Wildman–Crippen MR) is 66.4 cm³/mol. The fourth-order valence-corrected chi connectivity index (χ4v) is 2.75. The lowest BCUT2D eigenvalue weighted by Crippen LogP contribution is -2.31. The number of benzene rings is 1. The minimum absolute atomic E-state index is 0.130. The fraction of sp³-hybridized carbons (Fsp3) is 0.308. The normalized spacial score (nSPS) is 19.7. The van der Waals surface area contributed by atoms with Gasteiger partial charge >= 0.3 is 0 Å². The molecule has 1 N–H and O–H groups in total. The molecule has 4 heteroatoms. The molecule has 0 spiro atoms. The van der Waals surface area contributed by atoms with Crippen LogP contribution in [-0.4, -0.2) is 22.3 Å². The highest BCUT2D eigenvalue weighted by molar-refractivity contribution is 7.09. The van der Waals surface area contributed by atoms with Gasteiger partial charge in [0, 0.05) is 23.9 Å². The molecule has 88 valence electrons. The summed E-state index contributed by atoms with van der Waals surface area (Å²) in [7, 11) is 0. The Morgan fingerprint density at radius 2 is 2.35 bits per heavy atom. The summed E-state index contributed by atoms with van der Waals surface area (Å²) in [6.07, 6.45) is 2.60. The number of aliphatic hydroxyl groups excluding tert-OH is 1. The van der Waals surface area contributed by atoms with Crippen molar-refractivity contribution in [2.24, 2.45) is 0 Å². The van der Waals surface area contributed by atoms with Gasteiger partial charge in [0.05, 0.1) is 11.6 Å². The van der Waals surface area contributed by atoms with Gasteiger partial charge in [-0.3, -0.25) is 4.98 Å². The molecule has 0 radical (unpaired) electrons. The SMILES string of the molecule is OC(Cc1cncs1)C1Cc2ccccc2O1. The van der Waals surface area contributed by atoms with Crippen LogP contribution in [0.4, 0.5) is 0 Å². The Morgan fingerprint density at radius 1 is 1.47 bits per heavy atom. The molecule has 3 nitrogen and oxygen atoms in total. The molecule has 1 aromatic heterocycles. The van der Waals surface area contributed by atoms with Crippen molar-refractivity contribution in [3.8, 4) is 5.75 Å². The van der Waals surface area contributed by atoms with Crippen LogP contribution in [0, 0.1) is 0 Å². The van der Waals surface area contributed by atoms with E-state index in [1.807, 2.05) is 18.2 Å². The summed E-state index contributed by atoms with van der Waals surface area (Å²) in [5.41, 5.74) is 2.97. The van der Waals surface area contributed by atoms with Crippen molar-refractivity contribution in [2.75, 3.05) is 0 Å². The third kappa shape index (κ3) is 2.18. The number of aliphatic hydroxyl groups is 1. The third-order valence-corrected chi connectivity index (χ3v) is 3.80. The minimum Gasteiger partial charge on any atom is -0.487 e. The topological polar surface area (TPSA) is 42.4 Å². The monoisotopic (exact) mass is 247 g/mol. The second-order valence-electron chi connectivity index (χ2n) is 4.21.